The fraction of sp³-hybridized carbons (Fsp3) is 0.167. The van der Waals surface area contributed by atoms with Gasteiger partial charge in [-0.05, 0) is 12.5 Å². The minimum atomic E-state index is 0.683. The number of aldehydes is 1. The second-order valence-electron chi connectivity index (χ2n) is 1.69. The summed E-state index contributed by atoms with van der Waals surface area (Å²) >= 11 is 7.04. The van der Waals surface area contributed by atoms with Crippen LogP contribution in [0.4, 0.5) is 0 Å². The van der Waals surface area contributed by atoms with E-state index in [4.69, 9.17) is 11.6 Å². The van der Waals surface area contributed by atoms with Gasteiger partial charge in [0.25, 0.3) is 0 Å². The summed E-state index contributed by atoms with van der Waals surface area (Å²) in [5, 5.41) is 2.45. The molecule has 0 aliphatic heterocycles. The summed E-state index contributed by atoms with van der Waals surface area (Å²) in [7, 11) is 0. The molecule has 0 atom stereocenters. The van der Waals surface area contributed by atoms with Gasteiger partial charge in [0.15, 0.2) is 6.29 Å². The van der Waals surface area contributed by atoms with Crippen LogP contribution in [0.1, 0.15) is 15.2 Å². The van der Waals surface area contributed by atoms with E-state index in [1.165, 1.54) is 11.3 Å². The van der Waals surface area contributed by atoms with Crippen molar-refractivity contribution in [2.75, 3.05) is 0 Å². The summed E-state index contributed by atoms with van der Waals surface area (Å²) in [4.78, 5) is 10.9. The highest BCUT2D eigenvalue weighted by molar-refractivity contribution is 7.12. The van der Waals surface area contributed by atoms with E-state index in [9.17, 15) is 4.79 Å². The first-order valence-electron chi connectivity index (χ1n) is 2.44. The molecule has 1 aromatic heterocycles. The first-order chi connectivity index (χ1) is 4.25. The largest absolute Gasteiger partial charge is 0.297 e. The molecule has 1 rings (SSSR count). The predicted octanol–water partition coefficient (Wildman–Crippen LogP) is 2.52. The van der Waals surface area contributed by atoms with Crippen molar-refractivity contribution in [3.05, 3.63) is 20.8 Å². The molecule has 0 saturated carbocycles. The number of carbonyl (C=O) groups excluding carboxylic acids is 1. The standard InChI is InChI=1S/C6H5ClOS/c1-4-5(7)3-9-6(4)2-8/h2-3H,1H3. The Morgan fingerprint density at radius 3 is 2.67 bits per heavy atom. The van der Waals surface area contributed by atoms with Crippen LogP contribution in [0.2, 0.25) is 5.02 Å². The van der Waals surface area contributed by atoms with Crippen molar-refractivity contribution in [1.29, 1.82) is 0 Å². The fourth-order valence-corrected chi connectivity index (χ4v) is 1.57. The minimum absolute atomic E-state index is 0.683. The quantitative estimate of drug-likeness (QED) is 0.577. The molecule has 1 aromatic rings. The predicted molar refractivity (Wildman–Crippen MR) is 39.5 cm³/mol. The average Bonchev–Trinajstić information content (AvgIpc) is 2.15. The number of carbonyl (C=O) groups is 1. The Kier molecular flexibility index (Phi) is 1.88. The van der Waals surface area contributed by atoms with E-state index < -0.39 is 0 Å². The zero-order valence-electron chi connectivity index (χ0n) is 4.85. The van der Waals surface area contributed by atoms with E-state index in [-0.39, 0.29) is 0 Å². The Bertz CT molecular complexity index is 229. The van der Waals surface area contributed by atoms with Gasteiger partial charge in [0.05, 0.1) is 9.90 Å². The van der Waals surface area contributed by atoms with Gasteiger partial charge in [0.2, 0.25) is 0 Å². The van der Waals surface area contributed by atoms with Crippen molar-refractivity contribution >= 4 is 29.2 Å². The maximum atomic E-state index is 10.2. The zero-order chi connectivity index (χ0) is 6.85. The first-order valence-corrected chi connectivity index (χ1v) is 3.70. The molecule has 1 heterocycles. The van der Waals surface area contributed by atoms with E-state index >= 15 is 0 Å². The van der Waals surface area contributed by atoms with E-state index in [0.717, 1.165) is 16.7 Å². The van der Waals surface area contributed by atoms with E-state index in [2.05, 4.69) is 0 Å². The number of thiophene rings is 1. The SMILES string of the molecule is Cc1c(Cl)csc1C=O. The van der Waals surface area contributed by atoms with Crippen LogP contribution in [0.5, 0.6) is 0 Å². The lowest BCUT2D eigenvalue weighted by Gasteiger charge is -1.83. The van der Waals surface area contributed by atoms with Crippen LogP contribution in [0.25, 0.3) is 0 Å². The molecule has 9 heavy (non-hydrogen) atoms. The van der Waals surface area contributed by atoms with Gasteiger partial charge >= 0.3 is 0 Å². The molecule has 0 aliphatic rings. The lowest BCUT2D eigenvalue weighted by Crippen LogP contribution is -1.74. The second kappa shape index (κ2) is 2.50. The molecule has 0 saturated heterocycles. The molecule has 1 nitrogen and oxygen atoms in total. The average molecular weight is 161 g/mol. The third-order valence-electron chi connectivity index (χ3n) is 1.12. The molecule has 0 aromatic carbocycles. The van der Waals surface area contributed by atoms with E-state index in [1.54, 1.807) is 5.38 Å². The Balaban J connectivity index is 3.18. The highest BCUT2D eigenvalue weighted by atomic mass is 35.5. The topological polar surface area (TPSA) is 17.1 Å². The smallest absolute Gasteiger partial charge is 0.160 e. The third-order valence-corrected chi connectivity index (χ3v) is 2.66. The highest BCUT2D eigenvalue weighted by Gasteiger charge is 2.02. The van der Waals surface area contributed by atoms with Crippen LogP contribution in [0.3, 0.4) is 0 Å². The van der Waals surface area contributed by atoms with Crippen LogP contribution in [-0.2, 0) is 0 Å². The van der Waals surface area contributed by atoms with Gasteiger partial charge in [-0.2, -0.15) is 0 Å². The molecular formula is C6H5ClOS. The molecule has 0 amide bonds. The van der Waals surface area contributed by atoms with Gasteiger partial charge < -0.3 is 0 Å². The number of rotatable bonds is 1. The molecular weight excluding hydrogens is 156 g/mol. The van der Waals surface area contributed by atoms with Crippen LogP contribution < -0.4 is 0 Å². The van der Waals surface area contributed by atoms with E-state index in [0.29, 0.717) is 5.02 Å². The van der Waals surface area contributed by atoms with Crippen molar-refractivity contribution in [3.8, 4) is 0 Å². The third kappa shape index (κ3) is 1.14. The summed E-state index contributed by atoms with van der Waals surface area (Å²) in [5.41, 5.74) is 0.886. The van der Waals surface area contributed by atoms with Crippen LogP contribution in [0.15, 0.2) is 5.38 Å². The van der Waals surface area contributed by atoms with Crippen LogP contribution in [0, 0.1) is 6.92 Å². The monoisotopic (exact) mass is 160 g/mol. The number of hydrogen-bond donors (Lipinski definition) is 0. The zero-order valence-corrected chi connectivity index (χ0v) is 6.42. The molecule has 0 bridgehead atoms. The maximum absolute atomic E-state index is 10.2. The highest BCUT2D eigenvalue weighted by Crippen LogP contribution is 2.23. The Labute approximate surface area is 62.3 Å². The van der Waals surface area contributed by atoms with Gasteiger partial charge in [0.1, 0.15) is 0 Å². The van der Waals surface area contributed by atoms with Gasteiger partial charge in [-0.3, -0.25) is 4.79 Å². The Morgan fingerprint density at radius 2 is 2.44 bits per heavy atom. The summed E-state index contributed by atoms with van der Waals surface area (Å²) in [6.45, 7) is 1.84. The first kappa shape index (κ1) is 6.78. The summed E-state index contributed by atoms with van der Waals surface area (Å²) in [6.07, 6.45) is 0.825. The van der Waals surface area contributed by atoms with Gasteiger partial charge in [-0.25, -0.2) is 0 Å². The Hall–Kier alpha value is -0.340. The minimum Gasteiger partial charge on any atom is -0.297 e. The van der Waals surface area contributed by atoms with Gasteiger partial charge in [-0.15, -0.1) is 11.3 Å². The number of halogens is 1. The number of hydrogen-bond acceptors (Lipinski definition) is 2. The fourth-order valence-electron chi connectivity index (χ4n) is 0.526. The second-order valence-corrected chi connectivity index (χ2v) is 3.01. The van der Waals surface area contributed by atoms with Crippen molar-refractivity contribution in [3.63, 3.8) is 0 Å². The molecule has 0 fully saturated rings. The summed E-state index contributed by atoms with van der Waals surface area (Å²) < 4.78 is 0. The van der Waals surface area contributed by atoms with Crippen molar-refractivity contribution in [2.24, 2.45) is 0 Å². The lowest BCUT2D eigenvalue weighted by molar-refractivity contribution is 0.112. The molecule has 0 radical (unpaired) electrons. The lowest BCUT2D eigenvalue weighted by atomic mass is 10.3. The van der Waals surface area contributed by atoms with Crippen molar-refractivity contribution in [2.45, 2.75) is 6.92 Å². The Morgan fingerprint density at radius 1 is 1.78 bits per heavy atom. The molecule has 48 valence electrons. The van der Waals surface area contributed by atoms with Gasteiger partial charge in [0, 0.05) is 5.38 Å². The normalized spacial score (nSPS) is 9.56. The van der Waals surface area contributed by atoms with Crippen LogP contribution >= 0.6 is 22.9 Å². The van der Waals surface area contributed by atoms with Crippen molar-refractivity contribution < 1.29 is 4.79 Å². The summed E-state index contributed by atoms with van der Waals surface area (Å²) in [6, 6.07) is 0. The van der Waals surface area contributed by atoms with E-state index in [1.807, 2.05) is 6.92 Å². The summed E-state index contributed by atoms with van der Waals surface area (Å²) in [5.74, 6) is 0. The van der Waals surface area contributed by atoms with Gasteiger partial charge in [-0.1, -0.05) is 11.6 Å². The van der Waals surface area contributed by atoms with Crippen LogP contribution in [-0.4, -0.2) is 6.29 Å². The molecule has 0 N–H and O–H groups in total. The molecule has 0 spiro atoms. The van der Waals surface area contributed by atoms with Crippen molar-refractivity contribution in [1.82, 2.24) is 0 Å². The molecule has 0 unspecified atom stereocenters. The maximum Gasteiger partial charge on any atom is 0.160 e. The molecule has 3 heteroatoms. The molecule has 0 aliphatic carbocycles.